The highest BCUT2D eigenvalue weighted by atomic mass is 16.1. The fourth-order valence-corrected chi connectivity index (χ4v) is 2.48. The predicted octanol–water partition coefficient (Wildman–Crippen LogP) is 0.265. The smallest absolute Gasteiger partial charge is 0.220 e. The van der Waals surface area contributed by atoms with Gasteiger partial charge in [0.2, 0.25) is 5.91 Å². The van der Waals surface area contributed by atoms with Crippen LogP contribution in [0.4, 0.5) is 0 Å². The Bertz CT molecular complexity index is 205. The molecule has 2 aliphatic heterocycles. The molecular formula is C9H16N2O. The molecule has 0 aromatic heterocycles. The molecular weight excluding hydrogens is 152 g/mol. The highest BCUT2D eigenvalue weighted by molar-refractivity contribution is 5.79. The number of hydrogen-bond donors (Lipinski definition) is 2. The van der Waals surface area contributed by atoms with Crippen LogP contribution >= 0.6 is 0 Å². The van der Waals surface area contributed by atoms with Gasteiger partial charge in [0.25, 0.3) is 0 Å². The van der Waals surface area contributed by atoms with E-state index in [1.807, 2.05) is 0 Å². The zero-order chi connectivity index (χ0) is 8.60. The van der Waals surface area contributed by atoms with E-state index in [1.54, 1.807) is 0 Å². The molecule has 2 aliphatic rings. The Morgan fingerprint density at radius 2 is 2.42 bits per heavy atom. The van der Waals surface area contributed by atoms with Gasteiger partial charge in [-0.05, 0) is 31.7 Å². The van der Waals surface area contributed by atoms with Crippen molar-refractivity contribution in [2.75, 3.05) is 13.1 Å². The topological polar surface area (TPSA) is 41.1 Å². The van der Waals surface area contributed by atoms with Crippen LogP contribution in [0.3, 0.4) is 0 Å². The number of rotatable bonds is 0. The summed E-state index contributed by atoms with van der Waals surface area (Å²) in [6.45, 7) is 4.16. The second-order valence-corrected chi connectivity index (χ2v) is 4.26. The van der Waals surface area contributed by atoms with Gasteiger partial charge in [0.1, 0.15) is 0 Å². The molecule has 0 bridgehead atoms. The normalized spacial score (nSPS) is 41.8. The molecule has 3 heteroatoms. The summed E-state index contributed by atoms with van der Waals surface area (Å²) in [6, 6.07) is 0.575. The van der Waals surface area contributed by atoms with Crippen molar-refractivity contribution in [1.82, 2.24) is 10.6 Å². The lowest BCUT2D eigenvalue weighted by atomic mass is 9.76. The lowest BCUT2D eigenvalue weighted by Gasteiger charge is -2.35. The summed E-state index contributed by atoms with van der Waals surface area (Å²) >= 11 is 0. The van der Waals surface area contributed by atoms with Crippen LogP contribution in [0, 0.1) is 5.41 Å². The minimum atomic E-state index is 0.240. The van der Waals surface area contributed by atoms with Crippen LogP contribution in [0.5, 0.6) is 0 Å². The molecule has 68 valence electrons. The number of carbonyl (C=O) groups excluding carboxylic acids is 1. The Labute approximate surface area is 72.9 Å². The number of piperidine rings is 1. The summed E-state index contributed by atoms with van der Waals surface area (Å²) in [4.78, 5) is 11.1. The van der Waals surface area contributed by atoms with Gasteiger partial charge in [-0.15, -0.1) is 0 Å². The molecule has 0 aromatic carbocycles. The van der Waals surface area contributed by atoms with Gasteiger partial charge >= 0.3 is 0 Å². The molecule has 2 rings (SSSR count). The predicted molar refractivity (Wildman–Crippen MR) is 46.8 cm³/mol. The monoisotopic (exact) mass is 168 g/mol. The van der Waals surface area contributed by atoms with E-state index in [-0.39, 0.29) is 5.91 Å². The Kier molecular flexibility index (Phi) is 1.83. The van der Waals surface area contributed by atoms with E-state index in [0.29, 0.717) is 11.5 Å². The summed E-state index contributed by atoms with van der Waals surface area (Å²) in [5.74, 6) is 0.240. The largest absolute Gasteiger partial charge is 0.356 e. The standard InChI is InChI=1S/C9H16N2O/c1-7-4-9(2-3-10-7)5-8(12)11-6-9/h7,10H,2-6H2,1H3,(H,11,12). The quantitative estimate of drug-likeness (QED) is 0.545. The van der Waals surface area contributed by atoms with Crippen molar-refractivity contribution >= 4 is 5.91 Å². The third kappa shape index (κ3) is 1.33. The Balaban J connectivity index is 2.05. The first-order valence-electron chi connectivity index (χ1n) is 4.70. The minimum absolute atomic E-state index is 0.240. The van der Waals surface area contributed by atoms with Crippen molar-refractivity contribution < 1.29 is 4.79 Å². The van der Waals surface area contributed by atoms with Crippen molar-refractivity contribution in [3.63, 3.8) is 0 Å². The molecule has 0 aromatic rings. The number of nitrogens with one attached hydrogen (secondary N) is 2. The van der Waals surface area contributed by atoms with Crippen molar-refractivity contribution in [3.8, 4) is 0 Å². The summed E-state index contributed by atoms with van der Waals surface area (Å²) in [5, 5.41) is 6.34. The van der Waals surface area contributed by atoms with Gasteiger partial charge in [-0.3, -0.25) is 4.79 Å². The summed E-state index contributed by atoms with van der Waals surface area (Å²) in [5.41, 5.74) is 0.293. The van der Waals surface area contributed by atoms with E-state index in [4.69, 9.17) is 0 Å². The molecule has 2 heterocycles. The van der Waals surface area contributed by atoms with E-state index in [1.165, 1.54) is 0 Å². The van der Waals surface area contributed by atoms with Gasteiger partial charge in [-0.25, -0.2) is 0 Å². The molecule has 2 saturated heterocycles. The van der Waals surface area contributed by atoms with Crippen LogP contribution < -0.4 is 10.6 Å². The van der Waals surface area contributed by atoms with Gasteiger partial charge < -0.3 is 10.6 Å². The van der Waals surface area contributed by atoms with Gasteiger partial charge in [-0.1, -0.05) is 0 Å². The molecule has 2 N–H and O–H groups in total. The van der Waals surface area contributed by atoms with E-state index < -0.39 is 0 Å². The maximum Gasteiger partial charge on any atom is 0.220 e. The second-order valence-electron chi connectivity index (χ2n) is 4.26. The Hall–Kier alpha value is -0.570. The van der Waals surface area contributed by atoms with E-state index in [2.05, 4.69) is 17.6 Å². The van der Waals surface area contributed by atoms with Crippen molar-refractivity contribution in [1.29, 1.82) is 0 Å². The SMILES string of the molecule is CC1CC2(CCN1)CNC(=O)C2. The Morgan fingerprint density at radius 3 is 3.00 bits per heavy atom. The van der Waals surface area contributed by atoms with Crippen molar-refractivity contribution in [2.45, 2.75) is 32.2 Å². The highest BCUT2D eigenvalue weighted by Crippen LogP contribution is 2.37. The molecule has 0 aliphatic carbocycles. The molecule has 2 unspecified atom stereocenters. The summed E-state index contributed by atoms with van der Waals surface area (Å²) in [7, 11) is 0. The van der Waals surface area contributed by atoms with Crippen molar-refractivity contribution in [2.24, 2.45) is 5.41 Å². The van der Waals surface area contributed by atoms with Gasteiger partial charge in [0.05, 0.1) is 0 Å². The molecule has 12 heavy (non-hydrogen) atoms. The van der Waals surface area contributed by atoms with Crippen LogP contribution in [-0.4, -0.2) is 25.0 Å². The number of hydrogen-bond acceptors (Lipinski definition) is 2. The average Bonchev–Trinajstić information content (AvgIpc) is 2.32. The minimum Gasteiger partial charge on any atom is -0.356 e. The number of carbonyl (C=O) groups is 1. The summed E-state index contributed by atoms with van der Waals surface area (Å²) < 4.78 is 0. The zero-order valence-corrected chi connectivity index (χ0v) is 7.52. The first-order chi connectivity index (χ1) is 5.70. The molecule has 0 radical (unpaired) electrons. The van der Waals surface area contributed by atoms with E-state index in [0.717, 1.165) is 32.4 Å². The van der Waals surface area contributed by atoms with Crippen LogP contribution in [0.25, 0.3) is 0 Å². The lowest BCUT2D eigenvalue weighted by Crippen LogP contribution is -2.43. The zero-order valence-electron chi connectivity index (χ0n) is 7.52. The Morgan fingerprint density at radius 1 is 1.58 bits per heavy atom. The molecule has 1 amide bonds. The fourth-order valence-electron chi connectivity index (χ4n) is 2.48. The van der Waals surface area contributed by atoms with Crippen LogP contribution in [-0.2, 0) is 4.79 Å². The molecule has 1 spiro atoms. The maximum atomic E-state index is 11.1. The summed E-state index contributed by atoms with van der Waals surface area (Å²) in [6.07, 6.45) is 3.04. The lowest BCUT2D eigenvalue weighted by molar-refractivity contribution is -0.119. The van der Waals surface area contributed by atoms with E-state index in [9.17, 15) is 4.79 Å². The van der Waals surface area contributed by atoms with Gasteiger partial charge in [0.15, 0.2) is 0 Å². The van der Waals surface area contributed by atoms with E-state index >= 15 is 0 Å². The number of amides is 1. The molecule has 2 atom stereocenters. The van der Waals surface area contributed by atoms with Crippen LogP contribution in [0.1, 0.15) is 26.2 Å². The van der Waals surface area contributed by atoms with Crippen molar-refractivity contribution in [3.05, 3.63) is 0 Å². The van der Waals surface area contributed by atoms with Crippen LogP contribution in [0.15, 0.2) is 0 Å². The first kappa shape index (κ1) is 8.05. The molecule has 2 fully saturated rings. The maximum absolute atomic E-state index is 11.1. The van der Waals surface area contributed by atoms with Crippen LogP contribution in [0.2, 0.25) is 0 Å². The second kappa shape index (κ2) is 2.73. The van der Waals surface area contributed by atoms with Gasteiger partial charge in [0, 0.05) is 19.0 Å². The van der Waals surface area contributed by atoms with Gasteiger partial charge in [-0.2, -0.15) is 0 Å². The highest BCUT2D eigenvalue weighted by Gasteiger charge is 2.40. The average molecular weight is 168 g/mol. The molecule has 3 nitrogen and oxygen atoms in total. The fraction of sp³-hybridized carbons (Fsp3) is 0.889. The molecule has 0 saturated carbocycles. The third-order valence-corrected chi connectivity index (χ3v) is 3.08. The first-order valence-corrected chi connectivity index (χ1v) is 4.70. The third-order valence-electron chi connectivity index (χ3n) is 3.08.